The van der Waals surface area contributed by atoms with Crippen LogP contribution in [0.2, 0.25) is 0 Å². The molecule has 1 N–H and O–H groups in total. The number of anilines is 2. The van der Waals surface area contributed by atoms with Crippen molar-refractivity contribution in [3.05, 3.63) is 11.9 Å². The molecule has 0 atom stereocenters. The fourth-order valence-electron chi connectivity index (χ4n) is 1.97. The van der Waals surface area contributed by atoms with Gasteiger partial charge in [-0.15, -0.1) is 0 Å². The Morgan fingerprint density at radius 1 is 1.33 bits per heavy atom. The molecule has 1 aromatic rings. The molecule has 0 saturated carbocycles. The lowest BCUT2D eigenvalue weighted by Crippen LogP contribution is -2.44. The molecule has 0 spiro atoms. The van der Waals surface area contributed by atoms with E-state index in [4.69, 9.17) is 5.26 Å². The van der Waals surface area contributed by atoms with Gasteiger partial charge >= 0.3 is 0 Å². The lowest BCUT2D eigenvalue weighted by molar-refractivity contribution is 0.312. The van der Waals surface area contributed by atoms with Crippen molar-refractivity contribution in [2.45, 2.75) is 6.92 Å². The van der Waals surface area contributed by atoms with E-state index in [2.05, 4.69) is 32.1 Å². The van der Waals surface area contributed by atoms with Gasteiger partial charge in [0.05, 0.1) is 6.07 Å². The molecule has 0 radical (unpaired) electrons. The van der Waals surface area contributed by atoms with Crippen molar-refractivity contribution in [1.29, 1.82) is 5.26 Å². The number of hydrogen-bond donors (Lipinski definition) is 1. The number of nitriles is 1. The van der Waals surface area contributed by atoms with E-state index in [0.29, 0.717) is 0 Å². The molecule has 2 rings (SSSR count). The fraction of sp³-hybridized carbons (Fsp3) is 0.583. The van der Waals surface area contributed by atoms with E-state index < -0.39 is 0 Å². The largest absolute Gasteiger partial charge is 0.357 e. The number of likely N-dealkylation sites (N-methyl/N-ethyl adjacent to an activating group) is 1. The summed E-state index contributed by atoms with van der Waals surface area (Å²) >= 11 is 0. The normalized spacial score (nSPS) is 16.4. The van der Waals surface area contributed by atoms with Gasteiger partial charge in [0.1, 0.15) is 24.0 Å². The molecular formula is C12H18N6. The predicted molar refractivity (Wildman–Crippen MR) is 70.6 cm³/mol. The van der Waals surface area contributed by atoms with Gasteiger partial charge < -0.3 is 15.1 Å². The number of hydrogen-bond acceptors (Lipinski definition) is 6. The molecule has 0 bridgehead atoms. The Balaban J connectivity index is 2.12. The summed E-state index contributed by atoms with van der Waals surface area (Å²) in [5.74, 6) is 2.39. The maximum atomic E-state index is 8.57. The van der Waals surface area contributed by atoms with Gasteiger partial charge in [0.25, 0.3) is 0 Å². The van der Waals surface area contributed by atoms with Crippen molar-refractivity contribution in [2.24, 2.45) is 0 Å². The average Bonchev–Trinajstić information content (AvgIpc) is 2.36. The highest BCUT2D eigenvalue weighted by molar-refractivity contribution is 5.50. The third-order valence-corrected chi connectivity index (χ3v) is 3.00. The minimum absolute atomic E-state index is 0.263. The van der Waals surface area contributed by atoms with Crippen LogP contribution in [-0.2, 0) is 0 Å². The van der Waals surface area contributed by atoms with E-state index in [1.807, 2.05) is 19.1 Å². The summed E-state index contributed by atoms with van der Waals surface area (Å²) in [6, 6.07) is 3.96. The SMILES string of the molecule is Cc1nc(NCC#N)cc(N2CCN(C)CC2)n1. The van der Waals surface area contributed by atoms with Crippen LogP contribution in [0.5, 0.6) is 0 Å². The zero-order chi connectivity index (χ0) is 13.0. The van der Waals surface area contributed by atoms with Gasteiger partial charge in [-0.25, -0.2) is 9.97 Å². The van der Waals surface area contributed by atoms with Crippen LogP contribution in [0.25, 0.3) is 0 Å². The van der Waals surface area contributed by atoms with Crippen LogP contribution in [-0.4, -0.2) is 54.6 Å². The molecule has 1 fully saturated rings. The zero-order valence-electron chi connectivity index (χ0n) is 10.8. The minimum atomic E-state index is 0.263. The minimum Gasteiger partial charge on any atom is -0.357 e. The molecule has 6 heteroatoms. The summed E-state index contributed by atoms with van der Waals surface area (Å²) in [6.07, 6.45) is 0. The first-order valence-corrected chi connectivity index (χ1v) is 6.09. The Bertz CT molecular complexity index is 444. The molecule has 6 nitrogen and oxygen atoms in total. The molecule has 1 aliphatic rings. The molecule has 1 aliphatic heterocycles. The topological polar surface area (TPSA) is 68.1 Å². The van der Waals surface area contributed by atoms with Gasteiger partial charge in [0, 0.05) is 32.2 Å². The third kappa shape index (κ3) is 3.08. The monoisotopic (exact) mass is 246 g/mol. The van der Waals surface area contributed by atoms with Crippen molar-refractivity contribution < 1.29 is 0 Å². The average molecular weight is 246 g/mol. The Kier molecular flexibility index (Phi) is 3.95. The zero-order valence-corrected chi connectivity index (χ0v) is 10.8. The fourth-order valence-corrected chi connectivity index (χ4v) is 1.97. The summed E-state index contributed by atoms with van der Waals surface area (Å²) in [7, 11) is 2.13. The highest BCUT2D eigenvalue weighted by Gasteiger charge is 2.16. The smallest absolute Gasteiger partial charge is 0.134 e. The second-order valence-electron chi connectivity index (χ2n) is 4.46. The lowest BCUT2D eigenvalue weighted by atomic mass is 10.3. The van der Waals surface area contributed by atoms with Crippen LogP contribution in [0.1, 0.15) is 5.82 Å². The van der Waals surface area contributed by atoms with E-state index in [-0.39, 0.29) is 6.54 Å². The summed E-state index contributed by atoms with van der Waals surface area (Å²) in [5, 5.41) is 11.5. The van der Waals surface area contributed by atoms with Crippen LogP contribution in [0, 0.1) is 18.3 Å². The van der Waals surface area contributed by atoms with E-state index >= 15 is 0 Å². The highest BCUT2D eigenvalue weighted by Crippen LogP contribution is 2.17. The standard InChI is InChI=1S/C12H18N6/c1-10-15-11(14-4-3-13)9-12(16-10)18-7-5-17(2)6-8-18/h9H,4-8H2,1-2H3,(H,14,15,16). The lowest BCUT2D eigenvalue weighted by Gasteiger charge is -2.33. The second kappa shape index (κ2) is 5.65. The third-order valence-electron chi connectivity index (χ3n) is 3.00. The molecule has 1 aromatic heterocycles. The number of rotatable bonds is 3. The second-order valence-corrected chi connectivity index (χ2v) is 4.46. The quantitative estimate of drug-likeness (QED) is 0.782. The van der Waals surface area contributed by atoms with Crippen LogP contribution < -0.4 is 10.2 Å². The Labute approximate surface area is 107 Å². The first-order chi connectivity index (χ1) is 8.69. The summed E-state index contributed by atoms with van der Waals surface area (Å²) in [4.78, 5) is 13.3. The van der Waals surface area contributed by atoms with Crippen LogP contribution in [0.3, 0.4) is 0 Å². The van der Waals surface area contributed by atoms with Gasteiger partial charge in [0.15, 0.2) is 0 Å². The van der Waals surface area contributed by atoms with Crippen LogP contribution in [0.15, 0.2) is 6.07 Å². The van der Waals surface area contributed by atoms with Gasteiger partial charge in [-0.1, -0.05) is 0 Å². The summed E-state index contributed by atoms with van der Waals surface area (Å²) in [5.41, 5.74) is 0. The highest BCUT2D eigenvalue weighted by atomic mass is 15.3. The first-order valence-electron chi connectivity index (χ1n) is 6.09. The van der Waals surface area contributed by atoms with Gasteiger partial charge in [0.2, 0.25) is 0 Å². The molecular weight excluding hydrogens is 228 g/mol. The number of nitrogens with one attached hydrogen (secondary N) is 1. The number of aromatic nitrogens is 2. The maximum absolute atomic E-state index is 8.57. The molecule has 96 valence electrons. The van der Waals surface area contributed by atoms with Gasteiger partial charge in [-0.3, -0.25) is 0 Å². The number of nitrogens with zero attached hydrogens (tertiary/aromatic N) is 5. The van der Waals surface area contributed by atoms with Gasteiger partial charge in [-0.05, 0) is 14.0 Å². The van der Waals surface area contributed by atoms with Gasteiger partial charge in [-0.2, -0.15) is 5.26 Å². The van der Waals surface area contributed by atoms with Crippen molar-refractivity contribution in [3.8, 4) is 6.07 Å². The molecule has 18 heavy (non-hydrogen) atoms. The number of piperazine rings is 1. The van der Waals surface area contributed by atoms with E-state index in [0.717, 1.165) is 43.6 Å². The molecule has 0 amide bonds. The summed E-state index contributed by atoms with van der Waals surface area (Å²) < 4.78 is 0. The van der Waals surface area contributed by atoms with Crippen molar-refractivity contribution >= 4 is 11.6 Å². The van der Waals surface area contributed by atoms with E-state index in [9.17, 15) is 0 Å². The Hall–Kier alpha value is -1.87. The number of aryl methyl sites for hydroxylation is 1. The summed E-state index contributed by atoms with van der Waals surface area (Å²) in [6.45, 7) is 6.18. The Morgan fingerprint density at radius 3 is 2.72 bits per heavy atom. The van der Waals surface area contributed by atoms with Crippen molar-refractivity contribution in [3.63, 3.8) is 0 Å². The van der Waals surface area contributed by atoms with Crippen LogP contribution >= 0.6 is 0 Å². The van der Waals surface area contributed by atoms with Crippen LogP contribution in [0.4, 0.5) is 11.6 Å². The predicted octanol–water partition coefficient (Wildman–Crippen LogP) is 0.472. The van der Waals surface area contributed by atoms with Crippen molar-refractivity contribution in [2.75, 3.05) is 50.0 Å². The molecule has 0 aromatic carbocycles. The molecule has 1 saturated heterocycles. The first kappa shape index (κ1) is 12.6. The maximum Gasteiger partial charge on any atom is 0.134 e. The molecule has 2 heterocycles. The molecule has 0 unspecified atom stereocenters. The molecule has 0 aliphatic carbocycles. The van der Waals surface area contributed by atoms with E-state index in [1.54, 1.807) is 0 Å². The van der Waals surface area contributed by atoms with E-state index in [1.165, 1.54) is 0 Å². The Morgan fingerprint density at radius 2 is 2.06 bits per heavy atom. The van der Waals surface area contributed by atoms with Crippen molar-refractivity contribution in [1.82, 2.24) is 14.9 Å².